The summed E-state index contributed by atoms with van der Waals surface area (Å²) in [6.07, 6.45) is 2.02. The van der Waals surface area contributed by atoms with E-state index in [9.17, 15) is 18.0 Å². The van der Waals surface area contributed by atoms with Gasteiger partial charge in [0.1, 0.15) is 15.4 Å². The Kier molecular flexibility index (Phi) is 3.60. The summed E-state index contributed by atoms with van der Waals surface area (Å²) in [6.45, 7) is 3.21. The Bertz CT molecular complexity index is 527. The molecule has 2 rings (SSSR count). The molecule has 1 aliphatic carbocycles. The van der Waals surface area contributed by atoms with Crippen molar-refractivity contribution in [2.24, 2.45) is 11.3 Å². The largest absolute Gasteiger partial charge is 0.480 e. The van der Waals surface area contributed by atoms with Crippen molar-refractivity contribution < 1.29 is 23.1 Å². The molecule has 114 valence electrons. The maximum Gasteiger partial charge on any atom is 0.329 e. The number of hydrogen-bond acceptors (Lipinski definition) is 4. The third-order valence-corrected chi connectivity index (χ3v) is 6.56. The van der Waals surface area contributed by atoms with Gasteiger partial charge in [0, 0.05) is 5.92 Å². The molecule has 0 aromatic rings. The number of carboxylic acids is 1. The van der Waals surface area contributed by atoms with Gasteiger partial charge in [0.05, 0.1) is 11.5 Å². The van der Waals surface area contributed by atoms with Crippen LogP contribution in [0.5, 0.6) is 0 Å². The normalized spacial score (nSPS) is 29.4. The van der Waals surface area contributed by atoms with Gasteiger partial charge < -0.3 is 10.4 Å². The van der Waals surface area contributed by atoms with Crippen LogP contribution in [-0.2, 0) is 19.4 Å². The molecular weight excluding hydrogens is 282 g/mol. The number of aliphatic carboxylic acids is 1. The van der Waals surface area contributed by atoms with Crippen molar-refractivity contribution in [3.8, 4) is 0 Å². The van der Waals surface area contributed by atoms with Gasteiger partial charge in [-0.25, -0.2) is 13.2 Å². The lowest BCUT2D eigenvalue weighted by atomic mass is 9.94. The number of carboxylic acid groups (broad SMARTS) is 1. The Morgan fingerprint density at radius 2 is 1.90 bits per heavy atom. The molecule has 20 heavy (non-hydrogen) atoms. The van der Waals surface area contributed by atoms with E-state index in [0.29, 0.717) is 25.7 Å². The highest BCUT2D eigenvalue weighted by Crippen LogP contribution is 2.59. The summed E-state index contributed by atoms with van der Waals surface area (Å²) in [7, 11) is -2.94. The Morgan fingerprint density at radius 1 is 1.35 bits per heavy atom. The second kappa shape index (κ2) is 4.72. The third-order valence-electron chi connectivity index (χ3n) is 4.91. The lowest BCUT2D eigenvalue weighted by Gasteiger charge is -2.27. The zero-order chi connectivity index (χ0) is 15.2. The fourth-order valence-electron chi connectivity index (χ4n) is 2.87. The molecule has 0 bridgehead atoms. The zero-order valence-corrected chi connectivity index (χ0v) is 12.6. The van der Waals surface area contributed by atoms with Crippen LogP contribution < -0.4 is 5.32 Å². The molecule has 0 aromatic carbocycles. The number of carbonyl (C=O) groups excluding carboxylic acids is 1. The number of sulfone groups is 1. The minimum Gasteiger partial charge on any atom is -0.480 e. The van der Waals surface area contributed by atoms with E-state index < -0.39 is 21.3 Å². The van der Waals surface area contributed by atoms with Gasteiger partial charge in [0.2, 0.25) is 5.91 Å². The minimum absolute atomic E-state index is 0.140. The van der Waals surface area contributed by atoms with Crippen LogP contribution in [0.3, 0.4) is 0 Å². The van der Waals surface area contributed by atoms with Crippen LogP contribution in [0.15, 0.2) is 0 Å². The highest BCUT2D eigenvalue weighted by molar-refractivity contribution is 7.91. The SMILES string of the molecule is CCC(C)(NC(=O)C1CC12CCS(=O)(=O)CC2)C(=O)O. The monoisotopic (exact) mass is 303 g/mol. The molecule has 0 aromatic heterocycles. The van der Waals surface area contributed by atoms with Gasteiger partial charge in [-0.3, -0.25) is 4.79 Å². The lowest BCUT2D eigenvalue weighted by Crippen LogP contribution is -2.52. The van der Waals surface area contributed by atoms with E-state index in [-0.39, 0.29) is 28.7 Å². The Morgan fingerprint density at radius 3 is 2.35 bits per heavy atom. The first kappa shape index (κ1) is 15.3. The van der Waals surface area contributed by atoms with E-state index in [1.165, 1.54) is 6.92 Å². The Balaban J connectivity index is 1.99. The van der Waals surface area contributed by atoms with Crippen LogP contribution in [0.2, 0.25) is 0 Å². The topological polar surface area (TPSA) is 101 Å². The van der Waals surface area contributed by atoms with Crippen LogP contribution in [0.4, 0.5) is 0 Å². The maximum absolute atomic E-state index is 12.2. The van der Waals surface area contributed by atoms with Crippen molar-refractivity contribution >= 4 is 21.7 Å². The Hall–Kier alpha value is -1.11. The number of hydrogen-bond donors (Lipinski definition) is 2. The van der Waals surface area contributed by atoms with Crippen molar-refractivity contribution in [3.05, 3.63) is 0 Å². The molecule has 2 aliphatic rings. The van der Waals surface area contributed by atoms with E-state index in [1.54, 1.807) is 6.92 Å². The highest BCUT2D eigenvalue weighted by Gasteiger charge is 2.60. The lowest BCUT2D eigenvalue weighted by molar-refractivity contribution is -0.147. The molecule has 2 fully saturated rings. The van der Waals surface area contributed by atoms with E-state index in [4.69, 9.17) is 5.11 Å². The van der Waals surface area contributed by atoms with Crippen LogP contribution in [-0.4, -0.2) is 42.4 Å². The first-order valence-electron chi connectivity index (χ1n) is 6.90. The Labute approximate surface area is 118 Å². The molecule has 1 heterocycles. The number of amides is 1. The molecular formula is C13H21NO5S. The first-order valence-corrected chi connectivity index (χ1v) is 8.72. The molecule has 0 radical (unpaired) electrons. The van der Waals surface area contributed by atoms with Crippen LogP contribution in [0.1, 0.15) is 39.5 Å². The van der Waals surface area contributed by atoms with Crippen LogP contribution in [0.25, 0.3) is 0 Å². The van der Waals surface area contributed by atoms with Gasteiger partial charge in [0.25, 0.3) is 0 Å². The van der Waals surface area contributed by atoms with Gasteiger partial charge in [-0.05, 0) is 38.0 Å². The fraction of sp³-hybridized carbons (Fsp3) is 0.846. The number of nitrogens with one attached hydrogen (secondary N) is 1. The van der Waals surface area contributed by atoms with Gasteiger partial charge in [-0.1, -0.05) is 6.92 Å². The second-order valence-electron chi connectivity index (χ2n) is 6.25. The summed E-state index contributed by atoms with van der Waals surface area (Å²) >= 11 is 0. The first-order chi connectivity index (χ1) is 9.14. The van der Waals surface area contributed by atoms with E-state index in [2.05, 4.69) is 5.32 Å². The molecule has 2 N–H and O–H groups in total. The van der Waals surface area contributed by atoms with E-state index in [1.807, 2.05) is 0 Å². The minimum atomic E-state index is -2.94. The van der Waals surface area contributed by atoms with Gasteiger partial charge >= 0.3 is 5.97 Å². The van der Waals surface area contributed by atoms with Crippen molar-refractivity contribution in [1.29, 1.82) is 0 Å². The summed E-state index contributed by atoms with van der Waals surface area (Å²) < 4.78 is 22.9. The maximum atomic E-state index is 12.2. The molecule has 1 saturated heterocycles. The van der Waals surface area contributed by atoms with Crippen LogP contribution >= 0.6 is 0 Å². The van der Waals surface area contributed by atoms with Crippen molar-refractivity contribution in [1.82, 2.24) is 5.32 Å². The molecule has 2 unspecified atom stereocenters. The molecule has 2 atom stereocenters. The second-order valence-corrected chi connectivity index (χ2v) is 8.55. The van der Waals surface area contributed by atoms with E-state index in [0.717, 1.165) is 0 Å². The number of rotatable bonds is 4. The predicted octanol–water partition coefficient (Wildman–Crippen LogP) is 0.571. The average molecular weight is 303 g/mol. The smallest absolute Gasteiger partial charge is 0.329 e. The molecule has 7 heteroatoms. The summed E-state index contributed by atoms with van der Waals surface area (Å²) in [6, 6.07) is 0. The fourth-order valence-corrected chi connectivity index (χ4v) is 4.51. The van der Waals surface area contributed by atoms with Crippen molar-refractivity contribution in [2.45, 2.75) is 45.1 Å². The average Bonchev–Trinajstić information content (AvgIpc) is 3.08. The summed E-state index contributed by atoms with van der Waals surface area (Å²) in [5.74, 6) is -1.25. The quantitative estimate of drug-likeness (QED) is 0.791. The van der Waals surface area contributed by atoms with Crippen LogP contribution in [0, 0.1) is 11.3 Å². The molecule has 1 saturated carbocycles. The zero-order valence-electron chi connectivity index (χ0n) is 11.8. The van der Waals surface area contributed by atoms with Gasteiger partial charge in [-0.2, -0.15) is 0 Å². The van der Waals surface area contributed by atoms with Crippen molar-refractivity contribution in [3.63, 3.8) is 0 Å². The summed E-state index contributed by atoms with van der Waals surface area (Å²) in [4.78, 5) is 23.4. The molecule has 1 aliphatic heterocycles. The predicted molar refractivity (Wildman–Crippen MR) is 72.9 cm³/mol. The third kappa shape index (κ3) is 2.68. The van der Waals surface area contributed by atoms with Crippen molar-refractivity contribution in [2.75, 3.05) is 11.5 Å². The van der Waals surface area contributed by atoms with Gasteiger partial charge in [0.15, 0.2) is 0 Å². The summed E-state index contributed by atoms with van der Waals surface area (Å²) in [5.41, 5.74) is -1.45. The highest BCUT2D eigenvalue weighted by atomic mass is 32.2. The number of carbonyl (C=O) groups is 2. The molecule has 1 amide bonds. The van der Waals surface area contributed by atoms with E-state index >= 15 is 0 Å². The molecule has 1 spiro atoms. The summed E-state index contributed by atoms with van der Waals surface area (Å²) in [5, 5.41) is 11.8. The molecule has 6 nitrogen and oxygen atoms in total. The van der Waals surface area contributed by atoms with Gasteiger partial charge in [-0.15, -0.1) is 0 Å². The standard InChI is InChI=1S/C13H21NO5S/c1-3-12(2,11(16)17)14-10(15)9-8-13(9)4-6-20(18,19)7-5-13/h9H,3-8H2,1-2H3,(H,14,15)(H,16,17).